The van der Waals surface area contributed by atoms with Crippen LogP contribution >= 0.6 is 0 Å². The van der Waals surface area contributed by atoms with Crippen molar-refractivity contribution < 1.29 is 17.9 Å². The van der Waals surface area contributed by atoms with E-state index in [1.165, 1.54) is 4.31 Å². The number of aryl methyl sites for hydroxylation is 2. The number of hydrogen-bond acceptors (Lipinski definition) is 4. The van der Waals surface area contributed by atoms with Crippen LogP contribution in [0.5, 0.6) is 5.75 Å². The second-order valence-corrected chi connectivity index (χ2v) is 9.77. The summed E-state index contributed by atoms with van der Waals surface area (Å²) in [6, 6.07) is 9.67. The first-order valence-corrected chi connectivity index (χ1v) is 11.4. The van der Waals surface area contributed by atoms with Crippen LogP contribution in [-0.4, -0.2) is 37.5 Å². The summed E-state index contributed by atoms with van der Waals surface area (Å²) in [4.78, 5) is 12.4. The number of nitrogens with zero attached hydrogens (tertiary/aromatic N) is 1. The van der Waals surface area contributed by atoms with E-state index < -0.39 is 10.0 Å². The minimum atomic E-state index is -3.22. The van der Waals surface area contributed by atoms with Gasteiger partial charge in [-0.15, -0.1) is 0 Å². The van der Waals surface area contributed by atoms with Gasteiger partial charge in [-0.25, -0.2) is 8.42 Å². The third-order valence-electron chi connectivity index (χ3n) is 5.35. The normalized spacial score (nSPS) is 14.3. The van der Waals surface area contributed by atoms with Gasteiger partial charge < -0.3 is 10.1 Å². The number of ether oxygens (including phenoxy) is 1. The highest BCUT2D eigenvalue weighted by molar-refractivity contribution is 7.89. The van der Waals surface area contributed by atoms with Crippen LogP contribution in [0.15, 0.2) is 30.3 Å². The highest BCUT2D eigenvalue weighted by Crippen LogP contribution is 2.25. The fraction of sp³-hybridized carbons (Fsp3) is 0.409. The maximum Gasteiger partial charge on any atom is 0.262 e. The molecule has 1 aliphatic heterocycles. The second kappa shape index (κ2) is 8.55. The van der Waals surface area contributed by atoms with Crippen LogP contribution in [0.2, 0.25) is 0 Å². The van der Waals surface area contributed by atoms with Crippen molar-refractivity contribution in [2.24, 2.45) is 0 Å². The average molecular weight is 417 g/mol. The summed E-state index contributed by atoms with van der Waals surface area (Å²) < 4.78 is 31.6. The summed E-state index contributed by atoms with van der Waals surface area (Å²) >= 11 is 0. The van der Waals surface area contributed by atoms with Crippen molar-refractivity contribution in [2.75, 3.05) is 24.2 Å². The largest absolute Gasteiger partial charge is 0.483 e. The quantitative estimate of drug-likeness (QED) is 0.784. The fourth-order valence-electron chi connectivity index (χ4n) is 3.52. The Kier molecular flexibility index (Phi) is 6.29. The van der Waals surface area contributed by atoms with Gasteiger partial charge in [-0.05, 0) is 80.1 Å². The number of carbonyl (C=O) groups is 1. The molecule has 0 bridgehead atoms. The van der Waals surface area contributed by atoms with Gasteiger partial charge in [0.1, 0.15) is 5.75 Å². The van der Waals surface area contributed by atoms with E-state index in [1.807, 2.05) is 45.0 Å². The molecule has 7 heteroatoms. The topological polar surface area (TPSA) is 75.7 Å². The first kappa shape index (κ1) is 21.3. The number of fused-ring (bicyclic) bond motifs is 1. The maximum absolute atomic E-state index is 12.4. The maximum atomic E-state index is 12.4. The molecule has 1 heterocycles. The van der Waals surface area contributed by atoms with Crippen LogP contribution in [-0.2, 0) is 27.8 Å². The van der Waals surface area contributed by atoms with E-state index in [0.29, 0.717) is 30.9 Å². The molecule has 6 nitrogen and oxygen atoms in total. The number of benzene rings is 2. The molecule has 29 heavy (non-hydrogen) atoms. The second-order valence-electron chi connectivity index (χ2n) is 7.51. The van der Waals surface area contributed by atoms with Gasteiger partial charge in [0.05, 0.1) is 5.75 Å². The molecule has 0 radical (unpaired) electrons. The average Bonchev–Trinajstić information content (AvgIpc) is 2.69. The van der Waals surface area contributed by atoms with Crippen molar-refractivity contribution in [3.8, 4) is 5.75 Å². The Morgan fingerprint density at radius 3 is 2.62 bits per heavy atom. The Labute approximate surface area is 172 Å². The Morgan fingerprint density at radius 1 is 1.14 bits per heavy atom. The zero-order chi connectivity index (χ0) is 21.2. The molecule has 1 amide bonds. The molecule has 3 rings (SSSR count). The SMILES string of the molecule is CCS(=O)(=O)N1CCc2ccc(NC(=O)COc3cc(C)cc(C)c3C)cc2C1. The molecule has 0 aromatic heterocycles. The minimum absolute atomic E-state index is 0.0862. The van der Waals surface area contributed by atoms with Gasteiger partial charge in [0, 0.05) is 18.8 Å². The van der Waals surface area contributed by atoms with Crippen molar-refractivity contribution in [3.05, 3.63) is 58.1 Å². The number of amides is 1. The molecule has 0 aliphatic carbocycles. The van der Waals surface area contributed by atoms with Crippen molar-refractivity contribution in [1.82, 2.24) is 4.31 Å². The lowest BCUT2D eigenvalue weighted by Crippen LogP contribution is -2.36. The number of anilines is 1. The van der Waals surface area contributed by atoms with Crippen LogP contribution in [0.4, 0.5) is 5.69 Å². The summed E-state index contributed by atoms with van der Waals surface area (Å²) in [5.74, 6) is 0.550. The third kappa shape index (κ3) is 4.97. The Morgan fingerprint density at radius 2 is 1.90 bits per heavy atom. The van der Waals surface area contributed by atoms with E-state index in [1.54, 1.807) is 6.92 Å². The smallest absolute Gasteiger partial charge is 0.262 e. The zero-order valence-corrected chi connectivity index (χ0v) is 18.2. The Hall–Kier alpha value is -2.38. The molecule has 1 N–H and O–H groups in total. The number of hydrogen-bond donors (Lipinski definition) is 1. The molecular weight excluding hydrogens is 388 g/mol. The van der Waals surface area contributed by atoms with Gasteiger partial charge in [0.2, 0.25) is 10.0 Å². The predicted molar refractivity (Wildman–Crippen MR) is 115 cm³/mol. The molecule has 0 saturated carbocycles. The van der Waals surface area contributed by atoms with Crippen LogP contribution in [0.1, 0.15) is 34.7 Å². The van der Waals surface area contributed by atoms with Gasteiger partial charge in [-0.2, -0.15) is 4.31 Å². The van der Waals surface area contributed by atoms with Gasteiger partial charge in [-0.1, -0.05) is 12.1 Å². The summed E-state index contributed by atoms with van der Waals surface area (Å²) in [6.07, 6.45) is 0.678. The fourth-order valence-corrected chi connectivity index (χ4v) is 4.59. The molecule has 0 fully saturated rings. The lowest BCUT2D eigenvalue weighted by Gasteiger charge is -2.28. The molecule has 0 saturated heterocycles. The standard InChI is InChI=1S/C22H28N2O4S/c1-5-29(26,27)24-9-8-18-6-7-20(12-19(18)13-24)23-22(25)14-28-21-11-15(2)10-16(3)17(21)4/h6-7,10-12H,5,8-9,13-14H2,1-4H3,(H,23,25). The molecule has 0 spiro atoms. The van der Waals surface area contributed by atoms with E-state index in [9.17, 15) is 13.2 Å². The Bertz CT molecular complexity index is 1030. The van der Waals surface area contributed by atoms with E-state index in [0.717, 1.165) is 27.8 Å². The zero-order valence-electron chi connectivity index (χ0n) is 17.4. The van der Waals surface area contributed by atoms with Crippen molar-refractivity contribution >= 4 is 21.6 Å². The van der Waals surface area contributed by atoms with Gasteiger partial charge in [0.25, 0.3) is 5.91 Å². The van der Waals surface area contributed by atoms with Crippen molar-refractivity contribution in [1.29, 1.82) is 0 Å². The van der Waals surface area contributed by atoms with Gasteiger partial charge in [0.15, 0.2) is 6.61 Å². The minimum Gasteiger partial charge on any atom is -0.483 e. The van der Waals surface area contributed by atoms with Crippen LogP contribution < -0.4 is 10.1 Å². The highest BCUT2D eigenvalue weighted by Gasteiger charge is 2.25. The molecule has 2 aromatic rings. The van der Waals surface area contributed by atoms with Crippen LogP contribution in [0.3, 0.4) is 0 Å². The molecular formula is C22H28N2O4S. The number of nitrogens with one attached hydrogen (secondary N) is 1. The summed E-state index contributed by atoms with van der Waals surface area (Å²) in [5.41, 5.74) is 5.93. The van der Waals surface area contributed by atoms with Crippen molar-refractivity contribution in [3.63, 3.8) is 0 Å². The predicted octanol–water partition coefficient (Wildman–Crippen LogP) is 3.34. The molecule has 2 aromatic carbocycles. The molecule has 0 unspecified atom stereocenters. The number of rotatable bonds is 6. The summed E-state index contributed by atoms with van der Waals surface area (Å²) in [7, 11) is -3.22. The van der Waals surface area contributed by atoms with E-state index in [4.69, 9.17) is 4.74 Å². The van der Waals surface area contributed by atoms with Crippen molar-refractivity contribution in [2.45, 2.75) is 40.7 Å². The lowest BCUT2D eigenvalue weighted by atomic mass is 10.0. The number of sulfonamides is 1. The molecule has 1 aliphatic rings. The van der Waals surface area contributed by atoms with Crippen LogP contribution in [0, 0.1) is 20.8 Å². The third-order valence-corrected chi connectivity index (χ3v) is 7.18. The van der Waals surface area contributed by atoms with E-state index in [2.05, 4.69) is 11.4 Å². The van der Waals surface area contributed by atoms with Gasteiger partial charge in [-0.3, -0.25) is 4.79 Å². The van der Waals surface area contributed by atoms with E-state index >= 15 is 0 Å². The van der Waals surface area contributed by atoms with Crippen LogP contribution in [0.25, 0.3) is 0 Å². The highest BCUT2D eigenvalue weighted by atomic mass is 32.2. The first-order valence-electron chi connectivity index (χ1n) is 9.79. The van der Waals surface area contributed by atoms with Gasteiger partial charge >= 0.3 is 0 Å². The lowest BCUT2D eigenvalue weighted by molar-refractivity contribution is -0.118. The molecule has 0 atom stereocenters. The number of carbonyl (C=O) groups excluding carboxylic acids is 1. The molecule has 156 valence electrons. The monoisotopic (exact) mass is 416 g/mol. The summed E-state index contributed by atoms with van der Waals surface area (Å²) in [5, 5.41) is 2.85. The van der Waals surface area contributed by atoms with E-state index in [-0.39, 0.29) is 18.3 Å². The Balaban J connectivity index is 1.66. The summed E-state index contributed by atoms with van der Waals surface area (Å²) in [6.45, 7) is 8.39. The first-order chi connectivity index (χ1) is 13.7.